The molecular formula is C18H20ClN. The average molecular weight is 286 g/mol. The molecule has 1 aliphatic rings. The number of para-hydroxylation sites is 1. The Hall–Kier alpha value is -1.47. The second kappa shape index (κ2) is 5.49. The molecule has 0 saturated heterocycles. The molecule has 0 amide bonds. The lowest BCUT2D eigenvalue weighted by Crippen LogP contribution is -2.19. The molecule has 0 spiro atoms. The molecule has 1 aliphatic carbocycles. The fourth-order valence-electron chi connectivity index (χ4n) is 3.14. The molecule has 0 fully saturated rings. The number of anilines is 1. The summed E-state index contributed by atoms with van der Waals surface area (Å²) in [6, 6.07) is 15.2. The highest BCUT2D eigenvalue weighted by molar-refractivity contribution is 6.33. The summed E-state index contributed by atoms with van der Waals surface area (Å²) in [5, 5.41) is 4.47. The number of hydrogen-bond acceptors (Lipinski definition) is 1. The molecule has 0 aliphatic heterocycles. The van der Waals surface area contributed by atoms with Crippen LogP contribution in [-0.4, -0.2) is 0 Å². The zero-order valence-corrected chi connectivity index (χ0v) is 12.7. The normalized spacial score (nSPS) is 21.4. The Morgan fingerprint density at radius 3 is 2.50 bits per heavy atom. The minimum Gasteiger partial charge on any atom is -0.377 e. The summed E-state index contributed by atoms with van der Waals surface area (Å²) in [5.74, 6) is 0.650. The van der Waals surface area contributed by atoms with E-state index < -0.39 is 0 Å². The van der Waals surface area contributed by atoms with Crippen LogP contribution >= 0.6 is 11.6 Å². The van der Waals surface area contributed by atoms with Gasteiger partial charge < -0.3 is 5.32 Å². The van der Waals surface area contributed by atoms with Gasteiger partial charge in [-0.05, 0) is 48.4 Å². The number of nitrogens with one attached hydrogen (secondary N) is 1. The molecule has 0 aromatic heterocycles. The average Bonchev–Trinajstić information content (AvgIpc) is 2.46. The first-order chi connectivity index (χ1) is 9.66. The van der Waals surface area contributed by atoms with E-state index in [1.165, 1.54) is 23.1 Å². The topological polar surface area (TPSA) is 12.0 Å². The van der Waals surface area contributed by atoms with Crippen LogP contribution < -0.4 is 5.32 Å². The second-order valence-corrected chi connectivity index (χ2v) is 6.14. The Morgan fingerprint density at radius 2 is 1.75 bits per heavy atom. The van der Waals surface area contributed by atoms with Crippen LogP contribution in [0.5, 0.6) is 0 Å². The van der Waals surface area contributed by atoms with Gasteiger partial charge in [0.1, 0.15) is 0 Å². The number of benzene rings is 2. The highest BCUT2D eigenvalue weighted by Gasteiger charge is 2.24. The van der Waals surface area contributed by atoms with E-state index in [4.69, 9.17) is 11.6 Å². The van der Waals surface area contributed by atoms with Gasteiger partial charge in [0.05, 0.1) is 16.8 Å². The van der Waals surface area contributed by atoms with Crippen molar-refractivity contribution in [2.24, 2.45) is 0 Å². The van der Waals surface area contributed by atoms with Crippen LogP contribution in [0.25, 0.3) is 0 Å². The number of fused-ring (bicyclic) bond motifs is 1. The summed E-state index contributed by atoms with van der Waals surface area (Å²) < 4.78 is 0. The molecule has 2 heteroatoms. The van der Waals surface area contributed by atoms with Gasteiger partial charge in [-0.2, -0.15) is 0 Å². The minimum atomic E-state index is 0.362. The van der Waals surface area contributed by atoms with Crippen LogP contribution in [0.15, 0.2) is 42.5 Å². The van der Waals surface area contributed by atoms with Gasteiger partial charge in [-0.25, -0.2) is 0 Å². The zero-order valence-electron chi connectivity index (χ0n) is 12.0. The Bertz CT molecular complexity index is 600. The van der Waals surface area contributed by atoms with Crippen molar-refractivity contribution >= 4 is 17.3 Å². The lowest BCUT2D eigenvalue weighted by Gasteiger charge is -2.31. The van der Waals surface area contributed by atoms with Gasteiger partial charge in [0, 0.05) is 0 Å². The molecular weight excluding hydrogens is 266 g/mol. The van der Waals surface area contributed by atoms with Crippen LogP contribution in [0.3, 0.4) is 0 Å². The highest BCUT2D eigenvalue weighted by Crippen LogP contribution is 2.40. The van der Waals surface area contributed by atoms with E-state index in [0.29, 0.717) is 12.0 Å². The number of aryl methyl sites for hydroxylation is 1. The molecule has 0 radical (unpaired) electrons. The van der Waals surface area contributed by atoms with Gasteiger partial charge in [0.25, 0.3) is 0 Å². The smallest absolute Gasteiger partial charge is 0.0640 e. The van der Waals surface area contributed by atoms with Crippen molar-refractivity contribution in [3.8, 4) is 0 Å². The van der Waals surface area contributed by atoms with E-state index in [0.717, 1.165) is 17.1 Å². The van der Waals surface area contributed by atoms with Crippen molar-refractivity contribution in [1.29, 1.82) is 0 Å². The molecule has 104 valence electrons. The van der Waals surface area contributed by atoms with E-state index in [2.05, 4.69) is 49.5 Å². The maximum atomic E-state index is 6.34. The van der Waals surface area contributed by atoms with Crippen molar-refractivity contribution in [2.45, 2.75) is 38.6 Å². The zero-order chi connectivity index (χ0) is 14.1. The first kappa shape index (κ1) is 13.5. The third kappa shape index (κ3) is 2.43. The summed E-state index contributed by atoms with van der Waals surface area (Å²) in [7, 11) is 0. The van der Waals surface area contributed by atoms with Crippen LogP contribution in [0, 0.1) is 6.92 Å². The molecule has 2 aromatic rings. The summed E-state index contributed by atoms with van der Waals surface area (Å²) in [5.41, 5.74) is 5.17. The Balaban J connectivity index is 1.95. The van der Waals surface area contributed by atoms with E-state index in [1.54, 1.807) is 0 Å². The third-order valence-electron chi connectivity index (χ3n) is 4.33. The maximum absolute atomic E-state index is 6.34. The van der Waals surface area contributed by atoms with Gasteiger partial charge in [-0.3, -0.25) is 0 Å². The SMILES string of the molecule is Cc1cccc(Cl)c1NC1CCC(C)c2ccccc21. The lowest BCUT2D eigenvalue weighted by atomic mass is 9.81. The summed E-state index contributed by atoms with van der Waals surface area (Å²) in [6.45, 7) is 4.42. The molecule has 2 unspecified atom stereocenters. The summed E-state index contributed by atoms with van der Waals surface area (Å²) in [4.78, 5) is 0. The van der Waals surface area contributed by atoms with Crippen LogP contribution in [-0.2, 0) is 0 Å². The molecule has 2 aromatic carbocycles. The highest BCUT2D eigenvalue weighted by atomic mass is 35.5. The third-order valence-corrected chi connectivity index (χ3v) is 4.65. The van der Waals surface area contributed by atoms with Crippen molar-refractivity contribution < 1.29 is 0 Å². The Labute approximate surface area is 126 Å². The molecule has 0 bridgehead atoms. The van der Waals surface area contributed by atoms with Crippen molar-refractivity contribution in [3.63, 3.8) is 0 Å². The van der Waals surface area contributed by atoms with E-state index in [-0.39, 0.29) is 0 Å². The van der Waals surface area contributed by atoms with E-state index in [1.807, 2.05) is 12.1 Å². The van der Waals surface area contributed by atoms with Gasteiger partial charge in [-0.1, -0.05) is 54.9 Å². The quantitative estimate of drug-likeness (QED) is 0.746. The summed E-state index contributed by atoms with van der Waals surface area (Å²) in [6.07, 6.45) is 2.38. The van der Waals surface area contributed by atoms with Crippen LogP contribution in [0.1, 0.15) is 48.4 Å². The van der Waals surface area contributed by atoms with Crippen molar-refractivity contribution in [3.05, 3.63) is 64.2 Å². The Kier molecular flexibility index (Phi) is 3.71. The summed E-state index contributed by atoms with van der Waals surface area (Å²) >= 11 is 6.34. The predicted molar refractivity (Wildman–Crippen MR) is 86.6 cm³/mol. The first-order valence-corrected chi connectivity index (χ1v) is 7.65. The molecule has 1 nitrogen and oxygen atoms in total. The second-order valence-electron chi connectivity index (χ2n) is 5.74. The van der Waals surface area contributed by atoms with E-state index in [9.17, 15) is 0 Å². The number of rotatable bonds is 2. The largest absolute Gasteiger partial charge is 0.377 e. The van der Waals surface area contributed by atoms with Gasteiger partial charge in [0.2, 0.25) is 0 Å². The van der Waals surface area contributed by atoms with Crippen LogP contribution in [0.4, 0.5) is 5.69 Å². The van der Waals surface area contributed by atoms with Gasteiger partial charge in [0.15, 0.2) is 0 Å². The molecule has 1 N–H and O–H groups in total. The first-order valence-electron chi connectivity index (χ1n) is 7.27. The molecule has 0 heterocycles. The van der Waals surface area contributed by atoms with Gasteiger partial charge >= 0.3 is 0 Å². The number of hydrogen-bond donors (Lipinski definition) is 1. The molecule has 3 rings (SSSR count). The fraction of sp³-hybridized carbons (Fsp3) is 0.333. The lowest BCUT2D eigenvalue weighted by molar-refractivity contribution is 0.534. The molecule has 0 saturated carbocycles. The fourth-order valence-corrected chi connectivity index (χ4v) is 3.42. The molecule has 2 atom stereocenters. The number of halogens is 1. The van der Waals surface area contributed by atoms with E-state index >= 15 is 0 Å². The van der Waals surface area contributed by atoms with Crippen molar-refractivity contribution in [1.82, 2.24) is 0 Å². The predicted octanol–water partition coefficient (Wildman–Crippen LogP) is 5.70. The Morgan fingerprint density at radius 1 is 1.00 bits per heavy atom. The monoisotopic (exact) mass is 285 g/mol. The van der Waals surface area contributed by atoms with Crippen LogP contribution in [0.2, 0.25) is 5.02 Å². The maximum Gasteiger partial charge on any atom is 0.0640 e. The van der Waals surface area contributed by atoms with Gasteiger partial charge in [-0.15, -0.1) is 0 Å². The van der Waals surface area contributed by atoms with Crippen molar-refractivity contribution in [2.75, 3.05) is 5.32 Å². The minimum absolute atomic E-state index is 0.362. The molecule has 20 heavy (non-hydrogen) atoms. The standard InChI is InChI=1S/C18H20ClN/c1-12-10-11-17(15-8-4-3-7-14(12)15)20-18-13(2)6-5-9-16(18)19/h3-9,12,17,20H,10-11H2,1-2H3.